The molecule has 0 aliphatic heterocycles. The first-order chi connectivity index (χ1) is 16.5. The van der Waals surface area contributed by atoms with E-state index in [9.17, 15) is 0 Å². The normalized spacial score (nSPS) is 9.24. The summed E-state index contributed by atoms with van der Waals surface area (Å²) in [5.41, 5.74) is 7.13. The largest absolute Gasteiger partial charge is 0.393 e. The average molecular weight is 516 g/mol. The number of aromatic amines is 1. The maximum atomic E-state index is 8.67. The molecule has 3 rings (SSSR count). The van der Waals surface area contributed by atoms with Gasteiger partial charge in [-0.2, -0.15) is 0 Å². The predicted molar refractivity (Wildman–Crippen MR) is 174 cm³/mol. The quantitative estimate of drug-likeness (QED) is 0.307. The fourth-order valence-corrected chi connectivity index (χ4v) is 3.85. The van der Waals surface area contributed by atoms with Crippen LogP contribution in [0.5, 0.6) is 0 Å². The van der Waals surface area contributed by atoms with Crippen LogP contribution < -0.4 is 0 Å². The van der Waals surface area contributed by atoms with E-state index in [2.05, 4.69) is 95.1 Å². The van der Waals surface area contributed by atoms with Gasteiger partial charge in [0.2, 0.25) is 0 Å². The van der Waals surface area contributed by atoms with Crippen molar-refractivity contribution >= 4 is 10.9 Å². The number of benzene rings is 2. The van der Waals surface area contributed by atoms with Crippen LogP contribution in [0.15, 0.2) is 48.5 Å². The third-order valence-electron chi connectivity index (χ3n) is 6.14. The highest BCUT2D eigenvalue weighted by Gasteiger charge is 2.06. The number of para-hydroxylation sites is 1. The van der Waals surface area contributed by atoms with Crippen molar-refractivity contribution in [2.45, 2.75) is 142 Å². The fourth-order valence-electron chi connectivity index (χ4n) is 3.85. The molecule has 0 aliphatic rings. The zero-order chi connectivity index (χ0) is 25.8. The van der Waals surface area contributed by atoms with E-state index < -0.39 is 0 Å². The minimum Gasteiger partial charge on any atom is -0.393 e. The van der Waals surface area contributed by atoms with Gasteiger partial charge in [0.25, 0.3) is 0 Å². The number of aromatic nitrogens is 1. The van der Waals surface area contributed by atoms with Crippen molar-refractivity contribution in [3.05, 3.63) is 70.9 Å². The third kappa shape index (κ3) is 16.4. The minimum atomic E-state index is -0.0648. The summed E-state index contributed by atoms with van der Waals surface area (Å²) >= 11 is 0. The molecule has 2 aromatic carbocycles. The molecule has 0 saturated heterocycles. The van der Waals surface area contributed by atoms with Crippen LogP contribution >= 0.6 is 0 Å². The van der Waals surface area contributed by atoms with E-state index in [0.29, 0.717) is 0 Å². The second kappa shape index (κ2) is 27.0. The summed E-state index contributed by atoms with van der Waals surface area (Å²) in [5, 5.41) is 10.1. The number of H-pyrrole nitrogens is 1. The summed E-state index contributed by atoms with van der Waals surface area (Å²) in [4.78, 5) is 3.46. The molecule has 0 saturated carbocycles. The summed E-state index contributed by atoms with van der Waals surface area (Å²) in [6.07, 6.45) is 10.3. The van der Waals surface area contributed by atoms with Gasteiger partial charge in [-0.25, -0.2) is 0 Å². The van der Waals surface area contributed by atoms with Gasteiger partial charge >= 0.3 is 0 Å². The molecule has 37 heavy (non-hydrogen) atoms. The Labute approximate surface area is 233 Å². The zero-order valence-corrected chi connectivity index (χ0v) is 23.5. The lowest BCUT2D eigenvalue weighted by atomic mass is 10.0. The molecule has 1 heterocycles. The van der Waals surface area contributed by atoms with E-state index in [1.807, 2.05) is 13.8 Å². The summed E-state index contributed by atoms with van der Waals surface area (Å²) in [6, 6.07) is 17.2. The molecule has 0 bridgehead atoms. The topological polar surface area (TPSA) is 36.0 Å². The standard InChI is InChI=1S/C12H15N.C10H14.C5H12O.C5H12.3CH4/c1-3-9-10-7-5-6-8-12(10)13-11(9)4-2;1-3-9-7-5-6-8-10(9)4-2;1-3-5(6)4-2;1-3-5-4-2;;;/h5-8,13H,3-4H2,1-2H3;5-8H,3-4H2,1-2H3;5-6H,3-4H2,1-2H3;3-5H2,1-2H3;3*1H4. The smallest absolute Gasteiger partial charge is 0.0535 e. The maximum absolute atomic E-state index is 8.67. The number of aryl methyl sites for hydroxylation is 4. The highest BCUT2D eigenvalue weighted by Crippen LogP contribution is 2.22. The molecule has 0 atom stereocenters. The highest BCUT2D eigenvalue weighted by atomic mass is 16.3. The monoisotopic (exact) mass is 516 g/mol. The second-order valence-electron chi connectivity index (χ2n) is 8.63. The molecule has 3 aromatic rings. The van der Waals surface area contributed by atoms with Crippen LogP contribution in [0.25, 0.3) is 10.9 Å². The zero-order valence-electron chi connectivity index (χ0n) is 23.5. The van der Waals surface area contributed by atoms with E-state index in [1.54, 1.807) is 0 Å². The number of nitrogens with one attached hydrogen (secondary N) is 1. The van der Waals surface area contributed by atoms with E-state index in [1.165, 1.54) is 52.5 Å². The molecule has 2 heteroatoms. The van der Waals surface area contributed by atoms with Crippen LogP contribution in [-0.4, -0.2) is 16.2 Å². The second-order valence-corrected chi connectivity index (χ2v) is 8.63. The molecule has 0 spiro atoms. The molecule has 0 aliphatic carbocycles. The lowest BCUT2D eigenvalue weighted by Gasteiger charge is -2.02. The first-order valence-electron chi connectivity index (χ1n) is 13.8. The van der Waals surface area contributed by atoms with Crippen LogP contribution in [0, 0.1) is 0 Å². The number of aliphatic hydroxyl groups is 1. The van der Waals surface area contributed by atoms with Gasteiger partial charge in [-0.05, 0) is 61.3 Å². The molecule has 0 fully saturated rings. The number of aliphatic hydroxyl groups excluding tert-OH is 1. The Hall–Kier alpha value is -2.06. The lowest BCUT2D eigenvalue weighted by molar-refractivity contribution is 0.166. The van der Waals surface area contributed by atoms with Gasteiger partial charge in [0, 0.05) is 16.6 Å². The number of rotatable bonds is 8. The van der Waals surface area contributed by atoms with Crippen molar-refractivity contribution in [1.82, 2.24) is 4.98 Å². The van der Waals surface area contributed by atoms with Crippen molar-refractivity contribution in [2.24, 2.45) is 0 Å². The Morgan fingerprint density at radius 2 is 1.08 bits per heavy atom. The molecule has 0 radical (unpaired) electrons. The van der Waals surface area contributed by atoms with Crippen LogP contribution in [0.4, 0.5) is 0 Å². The van der Waals surface area contributed by atoms with Gasteiger partial charge in [0.15, 0.2) is 0 Å². The van der Waals surface area contributed by atoms with E-state index in [0.717, 1.165) is 38.5 Å². The predicted octanol–water partition coefficient (Wildman–Crippen LogP) is 11.4. The number of hydrogen-bond donors (Lipinski definition) is 2. The molecule has 2 nitrogen and oxygen atoms in total. The highest BCUT2D eigenvalue weighted by molar-refractivity contribution is 5.84. The van der Waals surface area contributed by atoms with Crippen LogP contribution in [0.1, 0.15) is 132 Å². The van der Waals surface area contributed by atoms with Crippen LogP contribution in [0.2, 0.25) is 0 Å². The minimum absolute atomic E-state index is 0. The third-order valence-corrected chi connectivity index (χ3v) is 6.14. The van der Waals surface area contributed by atoms with Crippen molar-refractivity contribution in [1.29, 1.82) is 0 Å². The summed E-state index contributed by atoms with van der Waals surface area (Å²) < 4.78 is 0. The molecular formula is C35H65NO. The van der Waals surface area contributed by atoms with E-state index in [-0.39, 0.29) is 28.4 Å². The lowest BCUT2D eigenvalue weighted by Crippen LogP contribution is -1.99. The van der Waals surface area contributed by atoms with Crippen LogP contribution in [0.3, 0.4) is 0 Å². The summed E-state index contributed by atoms with van der Waals surface area (Å²) in [5.74, 6) is 0. The first kappa shape index (κ1) is 42.0. The molecule has 216 valence electrons. The molecule has 2 N–H and O–H groups in total. The number of fused-ring (bicyclic) bond motifs is 1. The van der Waals surface area contributed by atoms with Gasteiger partial charge in [0.05, 0.1) is 6.10 Å². The number of hydrogen-bond acceptors (Lipinski definition) is 1. The SMILES string of the molecule is C.C.C.CCC(O)CC.CCCCC.CCc1[nH]c2ccccc2c1CC.CCc1ccccc1CC. The Morgan fingerprint density at radius 3 is 1.41 bits per heavy atom. The van der Waals surface area contributed by atoms with Crippen molar-refractivity contribution < 1.29 is 5.11 Å². The van der Waals surface area contributed by atoms with E-state index >= 15 is 0 Å². The van der Waals surface area contributed by atoms with Crippen molar-refractivity contribution in [3.8, 4) is 0 Å². The number of unbranched alkanes of at least 4 members (excludes halogenated alkanes) is 2. The van der Waals surface area contributed by atoms with Gasteiger partial charge < -0.3 is 10.1 Å². The Balaban J connectivity index is -0.000000205. The average Bonchev–Trinajstić information content (AvgIpc) is 3.27. The summed E-state index contributed by atoms with van der Waals surface area (Å²) in [6.45, 7) is 17.2. The molecular weight excluding hydrogens is 450 g/mol. The Bertz CT molecular complexity index is 836. The summed E-state index contributed by atoms with van der Waals surface area (Å²) in [7, 11) is 0. The first-order valence-corrected chi connectivity index (χ1v) is 13.8. The van der Waals surface area contributed by atoms with E-state index in [4.69, 9.17) is 5.11 Å². The van der Waals surface area contributed by atoms with Crippen LogP contribution in [-0.2, 0) is 25.7 Å². The fraction of sp³-hybridized carbons (Fsp3) is 0.600. The van der Waals surface area contributed by atoms with Gasteiger partial charge in [-0.1, -0.05) is 139 Å². The van der Waals surface area contributed by atoms with Crippen molar-refractivity contribution in [3.63, 3.8) is 0 Å². The molecule has 0 amide bonds. The van der Waals surface area contributed by atoms with Gasteiger partial charge in [-0.3, -0.25) is 0 Å². The van der Waals surface area contributed by atoms with Crippen molar-refractivity contribution in [2.75, 3.05) is 0 Å². The van der Waals surface area contributed by atoms with Gasteiger partial charge in [-0.15, -0.1) is 0 Å². The maximum Gasteiger partial charge on any atom is 0.0535 e. The van der Waals surface area contributed by atoms with Gasteiger partial charge in [0.1, 0.15) is 0 Å². The molecule has 1 aromatic heterocycles. The Kier molecular flexibility index (Phi) is 30.7. The Morgan fingerprint density at radius 1 is 0.622 bits per heavy atom. The molecule has 0 unspecified atom stereocenters.